The Bertz CT molecular complexity index is 1020. The quantitative estimate of drug-likeness (QED) is 0.784. The molecule has 0 fully saturated rings. The number of rotatable bonds is 3. The third-order valence-corrected chi connectivity index (χ3v) is 4.19. The van der Waals surface area contributed by atoms with Crippen molar-refractivity contribution in [2.24, 2.45) is 5.73 Å². The van der Waals surface area contributed by atoms with E-state index in [4.69, 9.17) is 5.73 Å². The van der Waals surface area contributed by atoms with Crippen LogP contribution in [0.2, 0.25) is 0 Å². The van der Waals surface area contributed by atoms with Crippen molar-refractivity contribution < 1.29 is 9.59 Å². The average Bonchev–Trinajstić information content (AvgIpc) is 2.98. The van der Waals surface area contributed by atoms with Gasteiger partial charge in [-0.1, -0.05) is 23.8 Å². The number of fused-ring (bicyclic) bond motifs is 1. The minimum atomic E-state index is -0.695. The van der Waals surface area contributed by atoms with Crippen LogP contribution in [0.15, 0.2) is 48.7 Å². The summed E-state index contributed by atoms with van der Waals surface area (Å²) in [5.41, 5.74) is 8.27. The number of aromatic nitrogens is 3. The fraction of sp³-hybridized carbons (Fsp3) is 0.105. The van der Waals surface area contributed by atoms with Gasteiger partial charge in [0.05, 0.1) is 12.1 Å². The Morgan fingerprint density at radius 1 is 1.12 bits per heavy atom. The Hall–Kier alpha value is -3.61. The number of aryl methyl sites for hydroxylation is 1. The summed E-state index contributed by atoms with van der Waals surface area (Å²) in [6.45, 7) is 1.97. The minimum Gasteiger partial charge on any atom is -0.364 e. The van der Waals surface area contributed by atoms with E-state index in [9.17, 15) is 9.59 Å². The van der Waals surface area contributed by atoms with Gasteiger partial charge in [-0.3, -0.25) is 19.5 Å². The van der Waals surface area contributed by atoms with Crippen LogP contribution >= 0.6 is 0 Å². The Morgan fingerprint density at radius 2 is 1.88 bits per heavy atom. The zero-order valence-electron chi connectivity index (χ0n) is 14.0. The molecule has 0 radical (unpaired) electrons. The minimum absolute atomic E-state index is 0.0317. The molecule has 1 aromatic carbocycles. The molecule has 0 aliphatic carbocycles. The molecule has 2 N–H and O–H groups in total. The summed E-state index contributed by atoms with van der Waals surface area (Å²) in [7, 11) is 0. The molecule has 0 saturated carbocycles. The molecule has 7 heteroatoms. The van der Waals surface area contributed by atoms with E-state index < -0.39 is 5.91 Å². The first-order valence-electron chi connectivity index (χ1n) is 8.06. The predicted octanol–water partition coefficient (Wildman–Crippen LogP) is 2.17. The van der Waals surface area contributed by atoms with Crippen LogP contribution in [0.5, 0.6) is 0 Å². The highest BCUT2D eigenvalue weighted by molar-refractivity contribution is 6.09. The lowest BCUT2D eigenvalue weighted by molar-refractivity contribution is -0.116. The van der Waals surface area contributed by atoms with Crippen molar-refractivity contribution >= 4 is 23.3 Å². The first-order valence-corrected chi connectivity index (χ1v) is 8.06. The summed E-state index contributed by atoms with van der Waals surface area (Å²) < 4.78 is 0. The van der Waals surface area contributed by atoms with Gasteiger partial charge in [-0.05, 0) is 31.2 Å². The summed E-state index contributed by atoms with van der Waals surface area (Å²) in [6.07, 6.45) is 1.64. The molecule has 0 spiro atoms. The number of pyridine rings is 1. The first-order chi connectivity index (χ1) is 12.5. The molecule has 1 aliphatic rings. The maximum atomic E-state index is 12.6. The topological polar surface area (TPSA) is 102 Å². The van der Waals surface area contributed by atoms with E-state index in [1.807, 2.05) is 31.2 Å². The second-order valence-electron chi connectivity index (χ2n) is 6.02. The van der Waals surface area contributed by atoms with Crippen LogP contribution in [-0.2, 0) is 11.2 Å². The van der Waals surface area contributed by atoms with Crippen molar-refractivity contribution in [3.63, 3.8) is 0 Å². The second-order valence-corrected chi connectivity index (χ2v) is 6.02. The van der Waals surface area contributed by atoms with Crippen LogP contribution in [0.1, 0.15) is 21.6 Å². The zero-order valence-corrected chi connectivity index (χ0v) is 14.0. The van der Waals surface area contributed by atoms with Gasteiger partial charge in [0.2, 0.25) is 5.91 Å². The van der Waals surface area contributed by atoms with Crippen molar-refractivity contribution in [2.75, 3.05) is 4.90 Å². The van der Waals surface area contributed by atoms with Gasteiger partial charge in [-0.25, -0.2) is 9.97 Å². The van der Waals surface area contributed by atoms with Crippen LogP contribution in [-0.4, -0.2) is 26.8 Å². The van der Waals surface area contributed by atoms with Gasteiger partial charge in [0.25, 0.3) is 5.91 Å². The lowest BCUT2D eigenvalue weighted by atomic mass is 10.1. The number of nitrogens with two attached hydrogens (primary N) is 1. The normalized spacial score (nSPS) is 13.0. The van der Waals surface area contributed by atoms with Crippen LogP contribution in [0, 0.1) is 6.92 Å². The number of anilines is 2. The molecule has 1 aliphatic heterocycles. The number of hydrogen-bond acceptors (Lipinski definition) is 5. The molecule has 0 atom stereocenters. The Kier molecular flexibility index (Phi) is 3.69. The van der Waals surface area contributed by atoms with E-state index in [2.05, 4.69) is 15.0 Å². The number of carbonyl (C=O) groups is 2. The van der Waals surface area contributed by atoms with Crippen molar-refractivity contribution in [3.05, 3.63) is 65.5 Å². The molecular weight excluding hydrogens is 330 g/mol. The van der Waals surface area contributed by atoms with Gasteiger partial charge in [-0.15, -0.1) is 0 Å². The number of hydrogen-bond donors (Lipinski definition) is 1. The van der Waals surface area contributed by atoms with E-state index in [-0.39, 0.29) is 23.8 Å². The van der Waals surface area contributed by atoms with Crippen LogP contribution < -0.4 is 10.6 Å². The van der Waals surface area contributed by atoms with Crippen LogP contribution in [0.25, 0.3) is 11.5 Å². The molecule has 4 rings (SSSR count). The van der Waals surface area contributed by atoms with Crippen LogP contribution in [0.3, 0.4) is 0 Å². The Morgan fingerprint density at radius 3 is 2.54 bits per heavy atom. The number of amides is 2. The fourth-order valence-electron chi connectivity index (χ4n) is 2.94. The highest BCUT2D eigenvalue weighted by atomic mass is 16.2. The molecule has 3 heterocycles. The third kappa shape index (κ3) is 2.59. The number of nitrogens with zero attached hydrogens (tertiary/aromatic N) is 4. The maximum Gasteiger partial charge on any atom is 0.267 e. The number of benzene rings is 1. The summed E-state index contributed by atoms with van der Waals surface area (Å²) >= 11 is 0. The lowest BCUT2D eigenvalue weighted by Gasteiger charge is -2.17. The van der Waals surface area contributed by atoms with E-state index in [1.165, 1.54) is 4.90 Å². The van der Waals surface area contributed by atoms with Gasteiger partial charge in [0.15, 0.2) is 5.82 Å². The first kappa shape index (κ1) is 15.9. The third-order valence-electron chi connectivity index (χ3n) is 4.19. The summed E-state index contributed by atoms with van der Waals surface area (Å²) in [6, 6.07) is 12.8. The molecular formula is C19H15N5O2. The Balaban J connectivity index is 1.92. The largest absolute Gasteiger partial charge is 0.364 e. The number of primary amides is 1. The van der Waals surface area contributed by atoms with Gasteiger partial charge < -0.3 is 5.73 Å². The second kappa shape index (κ2) is 6.03. The van der Waals surface area contributed by atoms with Crippen molar-refractivity contribution in [3.8, 4) is 11.5 Å². The predicted molar refractivity (Wildman–Crippen MR) is 95.8 cm³/mol. The Labute approximate surface area is 149 Å². The highest BCUT2D eigenvalue weighted by Crippen LogP contribution is 2.36. The smallest absolute Gasteiger partial charge is 0.267 e. The number of carbonyl (C=O) groups excluding carboxylic acids is 2. The standard InChI is InChI=1S/C19H15N5O2/c1-11-5-7-12(8-6-11)24-15(25)10-13-16(17(20)26)22-18(23-19(13)24)14-4-2-3-9-21-14/h2-9H,10H2,1H3,(H2,20,26). The van der Waals surface area contributed by atoms with E-state index in [0.717, 1.165) is 5.56 Å². The van der Waals surface area contributed by atoms with Gasteiger partial charge in [0.1, 0.15) is 17.2 Å². The van der Waals surface area contributed by atoms with Crippen molar-refractivity contribution in [2.45, 2.75) is 13.3 Å². The summed E-state index contributed by atoms with van der Waals surface area (Å²) in [5.74, 6) is -0.244. The van der Waals surface area contributed by atoms with Crippen LogP contribution in [0.4, 0.5) is 11.5 Å². The molecule has 26 heavy (non-hydrogen) atoms. The molecule has 2 aromatic heterocycles. The van der Waals surface area contributed by atoms with E-state index in [0.29, 0.717) is 22.8 Å². The summed E-state index contributed by atoms with van der Waals surface area (Å²) in [5, 5.41) is 0. The van der Waals surface area contributed by atoms with Gasteiger partial charge in [0, 0.05) is 11.8 Å². The molecule has 7 nitrogen and oxygen atoms in total. The van der Waals surface area contributed by atoms with Crippen molar-refractivity contribution in [1.82, 2.24) is 15.0 Å². The van der Waals surface area contributed by atoms with Gasteiger partial charge in [-0.2, -0.15) is 0 Å². The average molecular weight is 345 g/mol. The monoisotopic (exact) mass is 345 g/mol. The molecule has 0 bridgehead atoms. The molecule has 0 unspecified atom stereocenters. The molecule has 2 amide bonds. The lowest BCUT2D eigenvalue weighted by Crippen LogP contribution is -2.21. The summed E-state index contributed by atoms with van der Waals surface area (Å²) in [4.78, 5) is 39.1. The van der Waals surface area contributed by atoms with Gasteiger partial charge >= 0.3 is 0 Å². The molecule has 128 valence electrons. The van der Waals surface area contributed by atoms with E-state index in [1.54, 1.807) is 24.4 Å². The van der Waals surface area contributed by atoms with E-state index >= 15 is 0 Å². The SMILES string of the molecule is Cc1ccc(N2C(=O)Cc3c(C(N)=O)nc(-c4ccccn4)nc32)cc1. The zero-order chi connectivity index (χ0) is 18.3. The van der Waals surface area contributed by atoms with Crippen molar-refractivity contribution in [1.29, 1.82) is 0 Å². The molecule has 3 aromatic rings. The fourth-order valence-corrected chi connectivity index (χ4v) is 2.94. The maximum absolute atomic E-state index is 12.6. The highest BCUT2D eigenvalue weighted by Gasteiger charge is 2.35. The molecule has 0 saturated heterocycles.